The number of nitrogens with zero attached hydrogens (tertiary/aromatic N) is 2. The van der Waals surface area contributed by atoms with Gasteiger partial charge in [-0.2, -0.15) is 4.98 Å². The molecule has 1 heterocycles. The first-order valence-corrected chi connectivity index (χ1v) is 5.08. The zero-order valence-corrected chi connectivity index (χ0v) is 9.30. The Labute approximate surface area is 97.8 Å². The highest BCUT2D eigenvalue weighted by atomic mass is 16.5. The summed E-state index contributed by atoms with van der Waals surface area (Å²) in [5.41, 5.74) is 7.09. The van der Waals surface area contributed by atoms with Crippen LogP contribution in [-0.2, 0) is 11.2 Å². The highest BCUT2D eigenvalue weighted by Gasteiger charge is 2.08. The van der Waals surface area contributed by atoms with Gasteiger partial charge in [-0.05, 0) is 24.6 Å². The molecule has 0 aliphatic carbocycles. The van der Waals surface area contributed by atoms with E-state index in [1.54, 1.807) is 31.2 Å². The molecule has 0 saturated carbocycles. The normalized spacial score (nSPS) is 10.2. The van der Waals surface area contributed by atoms with E-state index in [0.29, 0.717) is 11.5 Å². The van der Waals surface area contributed by atoms with Gasteiger partial charge in [-0.3, -0.25) is 10.1 Å². The van der Waals surface area contributed by atoms with Crippen molar-refractivity contribution in [3.8, 4) is 0 Å². The molecule has 3 N–H and O–H groups in total. The van der Waals surface area contributed by atoms with Crippen LogP contribution in [0, 0.1) is 6.92 Å². The van der Waals surface area contributed by atoms with E-state index in [1.807, 2.05) is 0 Å². The molecule has 6 heteroatoms. The number of anilines is 2. The summed E-state index contributed by atoms with van der Waals surface area (Å²) in [7, 11) is 0. The summed E-state index contributed by atoms with van der Waals surface area (Å²) in [5.74, 6) is 0.270. The van der Waals surface area contributed by atoms with Crippen molar-refractivity contribution in [3.05, 3.63) is 35.7 Å². The van der Waals surface area contributed by atoms with Gasteiger partial charge in [0.15, 0.2) is 5.82 Å². The molecule has 2 aromatic rings. The van der Waals surface area contributed by atoms with E-state index < -0.39 is 0 Å². The quantitative estimate of drug-likeness (QED) is 0.774. The number of rotatable bonds is 3. The maximum atomic E-state index is 11.6. The second-order valence-corrected chi connectivity index (χ2v) is 3.61. The van der Waals surface area contributed by atoms with Crippen LogP contribution in [0.3, 0.4) is 0 Å². The zero-order chi connectivity index (χ0) is 12.3. The van der Waals surface area contributed by atoms with Gasteiger partial charge in [-0.15, -0.1) is 0 Å². The second kappa shape index (κ2) is 4.65. The van der Waals surface area contributed by atoms with Crippen molar-refractivity contribution in [2.45, 2.75) is 13.3 Å². The van der Waals surface area contributed by atoms with Crippen LogP contribution in [0.5, 0.6) is 0 Å². The monoisotopic (exact) mass is 232 g/mol. The van der Waals surface area contributed by atoms with E-state index in [9.17, 15) is 4.79 Å². The van der Waals surface area contributed by atoms with E-state index in [2.05, 4.69) is 15.5 Å². The molecule has 0 saturated heterocycles. The Balaban J connectivity index is 1.95. The van der Waals surface area contributed by atoms with Crippen LogP contribution >= 0.6 is 0 Å². The number of nitrogens with two attached hydrogens (primary N) is 1. The summed E-state index contributed by atoms with van der Waals surface area (Å²) >= 11 is 0. The Kier molecular flexibility index (Phi) is 3.04. The van der Waals surface area contributed by atoms with E-state index in [0.717, 1.165) is 5.56 Å². The fourth-order valence-electron chi connectivity index (χ4n) is 1.33. The third kappa shape index (κ3) is 3.04. The van der Waals surface area contributed by atoms with Crippen molar-refractivity contribution < 1.29 is 9.32 Å². The van der Waals surface area contributed by atoms with Gasteiger partial charge in [0, 0.05) is 5.69 Å². The molecular weight excluding hydrogens is 220 g/mol. The Morgan fingerprint density at radius 3 is 2.71 bits per heavy atom. The van der Waals surface area contributed by atoms with E-state index in [4.69, 9.17) is 10.3 Å². The Morgan fingerprint density at radius 2 is 2.12 bits per heavy atom. The van der Waals surface area contributed by atoms with Gasteiger partial charge in [0.2, 0.25) is 5.91 Å². The molecule has 6 nitrogen and oxygen atoms in total. The minimum Gasteiger partial charge on any atom is -0.399 e. The zero-order valence-electron chi connectivity index (χ0n) is 9.30. The number of aromatic nitrogens is 2. The lowest BCUT2D eigenvalue weighted by molar-refractivity contribution is -0.115. The van der Waals surface area contributed by atoms with E-state index >= 15 is 0 Å². The molecule has 1 aromatic heterocycles. The predicted octanol–water partition coefficient (Wildman–Crippen LogP) is 1.14. The highest BCUT2D eigenvalue weighted by Crippen LogP contribution is 2.08. The van der Waals surface area contributed by atoms with Gasteiger partial charge in [-0.1, -0.05) is 17.3 Å². The fraction of sp³-hybridized carbons (Fsp3) is 0.182. The molecule has 0 radical (unpaired) electrons. The van der Waals surface area contributed by atoms with Crippen molar-refractivity contribution in [3.63, 3.8) is 0 Å². The molecule has 0 unspecified atom stereocenters. The van der Waals surface area contributed by atoms with Crippen molar-refractivity contribution in [1.29, 1.82) is 0 Å². The Morgan fingerprint density at radius 1 is 1.41 bits per heavy atom. The van der Waals surface area contributed by atoms with Crippen LogP contribution in [0.1, 0.15) is 11.4 Å². The number of aryl methyl sites for hydroxylation is 1. The molecule has 0 aliphatic rings. The summed E-state index contributed by atoms with van der Waals surface area (Å²) in [4.78, 5) is 15.5. The van der Waals surface area contributed by atoms with Gasteiger partial charge in [0.1, 0.15) is 0 Å². The van der Waals surface area contributed by atoms with Crippen molar-refractivity contribution in [2.75, 3.05) is 11.1 Å². The van der Waals surface area contributed by atoms with Crippen molar-refractivity contribution >= 4 is 17.6 Å². The summed E-state index contributed by atoms with van der Waals surface area (Å²) in [5, 5.41) is 6.09. The lowest BCUT2D eigenvalue weighted by Gasteiger charge is -2.01. The molecule has 1 amide bonds. The Bertz CT molecular complexity index is 519. The summed E-state index contributed by atoms with van der Waals surface area (Å²) in [6, 6.07) is 7.21. The first-order chi connectivity index (χ1) is 8.13. The number of hydrogen-bond acceptors (Lipinski definition) is 5. The van der Waals surface area contributed by atoms with Gasteiger partial charge < -0.3 is 10.3 Å². The van der Waals surface area contributed by atoms with Gasteiger partial charge in [0.25, 0.3) is 0 Å². The smallest absolute Gasteiger partial charge is 0.328 e. The molecule has 17 heavy (non-hydrogen) atoms. The molecule has 1 aromatic carbocycles. The van der Waals surface area contributed by atoms with E-state index in [-0.39, 0.29) is 18.3 Å². The lowest BCUT2D eigenvalue weighted by Crippen LogP contribution is -2.14. The van der Waals surface area contributed by atoms with Crippen LogP contribution in [-0.4, -0.2) is 16.0 Å². The van der Waals surface area contributed by atoms with Crippen LogP contribution in [0.15, 0.2) is 28.8 Å². The predicted molar refractivity (Wildman–Crippen MR) is 62.2 cm³/mol. The number of carbonyl (C=O) groups excluding carboxylic acids is 1. The highest BCUT2D eigenvalue weighted by molar-refractivity contribution is 5.90. The molecule has 2 rings (SSSR count). The summed E-state index contributed by atoms with van der Waals surface area (Å²) < 4.78 is 4.78. The molecule has 0 bridgehead atoms. The number of nitrogens with one attached hydrogen (secondary N) is 1. The third-order valence-corrected chi connectivity index (χ3v) is 2.12. The van der Waals surface area contributed by atoms with Crippen LogP contribution in [0.4, 0.5) is 11.7 Å². The largest absolute Gasteiger partial charge is 0.399 e. The van der Waals surface area contributed by atoms with Crippen LogP contribution in [0.2, 0.25) is 0 Å². The van der Waals surface area contributed by atoms with Crippen molar-refractivity contribution in [1.82, 2.24) is 10.1 Å². The Hall–Kier alpha value is -2.37. The molecule has 0 spiro atoms. The molecule has 0 atom stereocenters. The first-order valence-electron chi connectivity index (χ1n) is 5.08. The van der Waals surface area contributed by atoms with Gasteiger partial charge in [0.05, 0.1) is 6.42 Å². The summed E-state index contributed by atoms with van der Waals surface area (Å²) in [6.45, 7) is 1.68. The molecule has 0 aliphatic heterocycles. The number of carbonyl (C=O) groups is 1. The summed E-state index contributed by atoms with van der Waals surface area (Å²) in [6.07, 6.45) is 0.238. The maximum absolute atomic E-state index is 11.6. The number of amides is 1. The van der Waals surface area contributed by atoms with Crippen LogP contribution < -0.4 is 11.1 Å². The molecular formula is C11H12N4O2. The van der Waals surface area contributed by atoms with E-state index in [1.165, 1.54) is 0 Å². The molecule has 0 fully saturated rings. The van der Waals surface area contributed by atoms with Gasteiger partial charge in [-0.25, -0.2) is 0 Å². The van der Waals surface area contributed by atoms with Crippen molar-refractivity contribution in [2.24, 2.45) is 0 Å². The minimum absolute atomic E-state index is 0.114. The number of hydrogen-bond donors (Lipinski definition) is 2. The average molecular weight is 232 g/mol. The first kappa shape index (κ1) is 11.1. The van der Waals surface area contributed by atoms with Crippen LogP contribution in [0.25, 0.3) is 0 Å². The standard InChI is InChI=1S/C11H12N4O2/c1-7-13-11(17-15-7)14-10(16)6-8-2-4-9(12)5-3-8/h2-5H,6,12H2,1H3,(H,13,14,15,16). The average Bonchev–Trinajstić information content (AvgIpc) is 2.67. The number of nitrogen functional groups attached to an aromatic ring is 1. The minimum atomic E-state index is -0.210. The SMILES string of the molecule is Cc1noc(NC(=O)Cc2ccc(N)cc2)n1. The maximum Gasteiger partial charge on any atom is 0.328 e. The number of benzene rings is 1. The molecule has 88 valence electrons. The second-order valence-electron chi connectivity index (χ2n) is 3.61. The topological polar surface area (TPSA) is 94.0 Å². The lowest BCUT2D eigenvalue weighted by atomic mass is 10.1. The third-order valence-electron chi connectivity index (χ3n) is 2.12. The van der Waals surface area contributed by atoms with Gasteiger partial charge >= 0.3 is 6.01 Å². The fourth-order valence-corrected chi connectivity index (χ4v) is 1.33.